The van der Waals surface area contributed by atoms with Crippen LogP contribution in [-0.4, -0.2) is 0 Å². The molecular formula is C10H12F2W. The monoisotopic (exact) mass is 354 g/mol. The number of hydrogen-bond donors (Lipinski definition) is 0. The molecule has 0 aliphatic heterocycles. The number of rotatable bonds is 1. The van der Waals surface area contributed by atoms with Gasteiger partial charge in [-0.05, 0) is 0 Å². The molecule has 0 saturated carbocycles. The van der Waals surface area contributed by atoms with Crippen LogP contribution in [0.3, 0.4) is 0 Å². The molecule has 1 aromatic carbocycles. The molecule has 3 heteroatoms. The topological polar surface area (TPSA) is 0 Å². The Morgan fingerprint density at radius 3 is 2.15 bits per heavy atom. The van der Waals surface area contributed by atoms with Crippen molar-refractivity contribution in [2.24, 2.45) is 0 Å². The molecule has 0 atom stereocenters. The summed E-state index contributed by atoms with van der Waals surface area (Å²) in [7, 11) is 0. The van der Waals surface area contributed by atoms with Gasteiger partial charge in [-0.25, -0.2) is 8.78 Å². The van der Waals surface area contributed by atoms with E-state index >= 15 is 0 Å². The molecule has 0 aliphatic carbocycles. The number of halogens is 2. The summed E-state index contributed by atoms with van der Waals surface area (Å²) >= 11 is 0. The SMILES string of the molecule is Cc1[c-]c(C(F)F)cc(C)c1.[CH3-].[W+2]. The molecule has 0 aliphatic rings. The number of benzene rings is 1. The molecule has 1 aromatic rings. The minimum atomic E-state index is -2.41. The van der Waals surface area contributed by atoms with Gasteiger partial charge in [-0.1, -0.05) is 19.4 Å². The third-order valence-electron chi connectivity index (χ3n) is 1.40. The maximum atomic E-state index is 12.1. The van der Waals surface area contributed by atoms with Gasteiger partial charge in [0.15, 0.2) is 0 Å². The second-order valence-electron chi connectivity index (χ2n) is 2.60. The zero-order chi connectivity index (χ0) is 8.43. The van der Waals surface area contributed by atoms with Gasteiger partial charge in [0.1, 0.15) is 0 Å². The first-order valence-electron chi connectivity index (χ1n) is 3.38. The minimum absolute atomic E-state index is 0. The number of aryl methyl sites for hydroxylation is 2. The van der Waals surface area contributed by atoms with Crippen molar-refractivity contribution in [2.75, 3.05) is 0 Å². The van der Waals surface area contributed by atoms with E-state index in [1.165, 1.54) is 6.07 Å². The smallest absolute Gasteiger partial charge is 0.358 e. The first kappa shape index (κ1) is 15.2. The van der Waals surface area contributed by atoms with Crippen LogP contribution in [0.4, 0.5) is 8.78 Å². The van der Waals surface area contributed by atoms with Crippen LogP contribution in [0.25, 0.3) is 0 Å². The van der Waals surface area contributed by atoms with Crippen molar-refractivity contribution in [3.8, 4) is 0 Å². The third-order valence-corrected chi connectivity index (χ3v) is 1.40. The molecule has 0 radical (unpaired) electrons. The van der Waals surface area contributed by atoms with Gasteiger partial charge in [0.25, 0.3) is 0 Å². The van der Waals surface area contributed by atoms with Crippen LogP contribution < -0.4 is 0 Å². The molecule has 0 bridgehead atoms. The van der Waals surface area contributed by atoms with Crippen molar-refractivity contribution in [1.29, 1.82) is 0 Å². The Labute approximate surface area is 92.6 Å². The molecule has 13 heavy (non-hydrogen) atoms. The molecule has 0 amide bonds. The summed E-state index contributed by atoms with van der Waals surface area (Å²) in [5, 5.41) is 0. The van der Waals surface area contributed by atoms with E-state index < -0.39 is 6.43 Å². The number of hydrogen-bond acceptors (Lipinski definition) is 0. The second-order valence-corrected chi connectivity index (χ2v) is 2.60. The van der Waals surface area contributed by atoms with E-state index in [0.29, 0.717) is 0 Å². The summed E-state index contributed by atoms with van der Waals surface area (Å²) in [6.07, 6.45) is -2.41. The molecular weight excluding hydrogens is 342 g/mol. The van der Waals surface area contributed by atoms with Crippen molar-refractivity contribution >= 4 is 0 Å². The van der Waals surface area contributed by atoms with E-state index in [9.17, 15) is 8.78 Å². The van der Waals surface area contributed by atoms with Crippen molar-refractivity contribution in [2.45, 2.75) is 20.3 Å². The van der Waals surface area contributed by atoms with E-state index in [1.54, 1.807) is 13.8 Å². The molecule has 1 rings (SSSR count). The van der Waals surface area contributed by atoms with Crippen LogP contribution in [0.5, 0.6) is 0 Å². The van der Waals surface area contributed by atoms with E-state index in [2.05, 4.69) is 6.07 Å². The van der Waals surface area contributed by atoms with E-state index in [0.717, 1.165) is 11.1 Å². The van der Waals surface area contributed by atoms with Gasteiger partial charge in [-0.15, -0.1) is 0 Å². The van der Waals surface area contributed by atoms with E-state index in [1.807, 2.05) is 6.07 Å². The summed E-state index contributed by atoms with van der Waals surface area (Å²) < 4.78 is 24.2. The van der Waals surface area contributed by atoms with Crippen molar-refractivity contribution in [3.05, 3.63) is 42.3 Å². The van der Waals surface area contributed by atoms with Gasteiger partial charge in [-0.2, -0.15) is 29.3 Å². The zero-order valence-electron chi connectivity index (χ0n) is 7.90. The Balaban J connectivity index is 0. The van der Waals surface area contributed by atoms with Crippen LogP contribution in [0.2, 0.25) is 0 Å². The first-order chi connectivity index (χ1) is 5.09. The molecule has 0 nitrogen and oxygen atoms in total. The quantitative estimate of drug-likeness (QED) is 0.678. The average Bonchev–Trinajstić information content (AvgIpc) is 1.85. The van der Waals surface area contributed by atoms with Crippen LogP contribution in [0.15, 0.2) is 12.1 Å². The summed E-state index contributed by atoms with van der Waals surface area (Å²) in [5.41, 5.74) is 1.61. The van der Waals surface area contributed by atoms with Gasteiger partial charge in [-0.3, -0.25) is 0 Å². The Hall–Kier alpha value is -0.232. The Kier molecular flexibility index (Phi) is 7.34. The van der Waals surface area contributed by atoms with Crippen LogP contribution in [0.1, 0.15) is 23.1 Å². The number of alkyl halides is 2. The maximum absolute atomic E-state index is 12.1. The molecule has 0 spiro atoms. The fraction of sp³-hybridized carbons (Fsp3) is 0.300. The largest absolute Gasteiger partial charge is 2.00 e. The Bertz CT molecular complexity index is 239. The Morgan fingerprint density at radius 2 is 1.77 bits per heavy atom. The molecule has 0 heterocycles. The zero-order valence-corrected chi connectivity index (χ0v) is 10.8. The van der Waals surface area contributed by atoms with Crippen LogP contribution >= 0.6 is 0 Å². The maximum Gasteiger partial charge on any atom is 2.00 e. The predicted molar refractivity (Wildman–Crippen MR) is 46.1 cm³/mol. The van der Waals surface area contributed by atoms with Crippen LogP contribution in [-0.2, 0) is 21.1 Å². The van der Waals surface area contributed by atoms with Gasteiger partial charge in [0.05, 0.1) is 0 Å². The van der Waals surface area contributed by atoms with Gasteiger partial charge < -0.3 is 7.43 Å². The summed E-state index contributed by atoms with van der Waals surface area (Å²) in [6, 6.07) is 5.88. The predicted octanol–water partition coefficient (Wildman–Crippen LogP) is 3.49. The molecule has 0 aromatic heterocycles. The third kappa shape index (κ3) is 4.52. The summed E-state index contributed by atoms with van der Waals surface area (Å²) in [6.45, 7) is 3.56. The molecule has 72 valence electrons. The minimum Gasteiger partial charge on any atom is -0.358 e. The first-order valence-corrected chi connectivity index (χ1v) is 3.38. The molecule has 0 N–H and O–H groups in total. The van der Waals surface area contributed by atoms with Crippen LogP contribution in [0, 0.1) is 27.3 Å². The average molecular weight is 354 g/mol. The molecule has 0 unspecified atom stereocenters. The normalized spacial score (nSPS) is 9.00. The fourth-order valence-electron chi connectivity index (χ4n) is 1.05. The van der Waals surface area contributed by atoms with Crippen molar-refractivity contribution in [3.63, 3.8) is 0 Å². The van der Waals surface area contributed by atoms with Gasteiger partial charge in [0, 0.05) is 0 Å². The van der Waals surface area contributed by atoms with Crippen molar-refractivity contribution < 1.29 is 29.8 Å². The molecule has 0 saturated heterocycles. The summed E-state index contributed by atoms with van der Waals surface area (Å²) in [5.74, 6) is 0. The van der Waals surface area contributed by atoms with Crippen molar-refractivity contribution in [1.82, 2.24) is 0 Å². The van der Waals surface area contributed by atoms with Gasteiger partial charge in [0.2, 0.25) is 6.43 Å². The summed E-state index contributed by atoms with van der Waals surface area (Å²) in [4.78, 5) is 0. The standard InChI is InChI=1S/C9H9F2.CH3.W/c1-6-3-7(2)5-8(4-6)9(10)11;;/h3-4,9H,1-2H3;1H3;/q2*-1;+2. The van der Waals surface area contributed by atoms with E-state index in [-0.39, 0.29) is 34.1 Å². The molecule has 0 fully saturated rings. The Morgan fingerprint density at radius 1 is 1.23 bits per heavy atom. The van der Waals surface area contributed by atoms with E-state index in [4.69, 9.17) is 0 Å². The fourth-order valence-corrected chi connectivity index (χ4v) is 1.05. The second kappa shape index (κ2) is 6.26. The van der Waals surface area contributed by atoms with Gasteiger partial charge >= 0.3 is 21.1 Å².